The maximum Gasteiger partial charge on any atom is 0.227 e. The predicted octanol–water partition coefficient (Wildman–Crippen LogP) is 3.47. The van der Waals surface area contributed by atoms with E-state index in [9.17, 15) is 0 Å². The second-order valence-corrected chi connectivity index (χ2v) is 7.90. The van der Waals surface area contributed by atoms with Gasteiger partial charge in [-0.3, -0.25) is 5.10 Å². The van der Waals surface area contributed by atoms with Crippen molar-refractivity contribution in [3.63, 3.8) is 0 Å². The van der Waals surface area contributed by atoms with Crippen molar-refractivity contribution in [1.82, 2.24) is 25.1 Å². The van der Waals surface area contributed by atoms with Crippen LogP contribution in [0.5, 0.6) is 0 Å². The van der Waals surface area contributed by atoms with Gasteiger partial charge >= 0.3 is 0 Å². The summed E-state index contributed by atoms with van der Waals surface area (Å²) in [5, 5.41) is 11.6. The van der Waals surface area contributed by atoms with Gasteiger partial charge in [0.05, 0.1) is 11.2 Å². The van der Waals surface area contributed by atoms with Gasteiger partial charge in [0, 0.05) is 30.6 Å². The van der Waals surface area contributed by atoms with Gasteiger partial charge in [-0.15, -0.1) is 0 Å². The number of likely N-dealkylation sites (tertiary alicyclic amines) is 1. The Morgan fingerprint density at radius 1 is 1.04 bits per heavy atom. The molecule has 146 valence electrons. The van der Waals surface area contributed by atoms with Gasteiger partial charge in [0.1, 0.15) is 11.6 Å². The number of fused-ring (bicyclic) bond motifs is 1. The van der Waals surface area contributed by atoms with E-state index in [1.807, 2.05) is 25.1 Å². The van der Waals surface area contributed by atoms with Gasteiger partial charge in [-0.25, -0.2) is 4.98 Å². The van der Waals surface area contributed by atoms with Crippen LogP contribution in [-0.2, 0) is 0 Å². The molecule has 3 aromatic rings. The third kappa shape index (κ3) is 3.42. The Morgan fingerprint density at radius 2 is 1.82 bits per heavy atom. The minimum Gasteiger partial charge on any atom is -0.341 e. The highest BCUT2D eigenvalue weighted by atomic mass is 15.3. The number of aryl methyl sites for hydroxylation is 1. The molecular weight excluding hydrogens is 350 g/mol. The number of anilines is 3. The standard InChI is InChI=1S/C21H27N7/c1-15-14-19(26-25-15)23-20-17-6-2-3-7-18(17)22-21(24-20)28-12-8-16(9-13-28)27-10-4-5-11-27/h2-3,6-7,14,16H,4-5,8-13H2,1H3,(H2,22,23,24,25,26). The van der Waals surface area contributed by atoms with Gasteiger partial charge in [0.2, 0.25) is 5.95 Å². The third-order valence-corrected chi connectivity index (χ3v) is 5.95. The largest absolute Gasteiger partial charge is 0.341 e. The molecule has 7 heteroatoms. The third-order valence-electron chi connectivity index (χ3n) is 5.95. The van der Waals surface area contributed by atoms with Gasteiger partial charge in [0.15, 0.2) is 0 Å². The average Bonchev–Trinajstić information content (AvgIpc) is 3.40. The van der Waals surface area contributed by atoms with E-state index >= 15 is 0 Å². The second-order valence-electron chi connectivity index (χ2n) is 7.90. The highest BCUT2D eigenvalue weighted by Gasteiger charge is 2.27. The number of para-hydroxylation sites is 1. The molecule has 4 heterocycles. The number of nitrogens with one attached hydrogen (secondary N) is 2. The van der Waals surface area contributed by atoms with Crippen LogP contribution in [0.15, 0.2) is 30.3 Å². The maximum absolute atomic E-state index is 4.89. The van der Waals surface area contributed by atoms with E-state index in [0.29, 0.717) is 0 Å². The SMILES string of the molecule is Cc1cc(Nc2nc(N3CCC(N4CCCC4)CC3)nc3ccccc23)[nH]n1. The Bertz CT molecular complexity index is 952. The molecule has 0 atom stereocenters. The minimum absolute atomic E-state index is 0.727. The van der Waals surface area contributed by atoms with Crippen LogP contribution >= 0.6 is 0 Å². The highest BCUT2D eigenvalue weighted by molar-refractivity contribution is 5.91. The van der Waals surface area contributed by atoms with E-state index < -0.39 is 0 Å². The molecule has 2 aliphatic rings. The summed E-state index contributed by atoms with van der Waals surface area (Å²) in [6.07, 6.45) is 5.10. The fourth-order valence-electron chi connectivity index (χ4n) is 4.45. The van der Waals surface area contributed by atoms with E-state index in [2.05, 4.69) is 37.4 Å². The van der Waals surface area contributed by atoms with Crippen LogP contribution < -0.4 is 10.2 Å². The van der Waals surface area contributed by atoms with Crippen molar-refractivity contribution in [2.45, 2.75) is 38.6 Å². The molecular formula is C21H27N7. The van der Waals surface area contributed by atoms with Crippen LogP contribution in [0.25, 0.3) is 10.9 Å². The lowest BCUT2D eigenvalue weighted by Crippen LogP contribution is -2.44. The van der Waals surface area contributed by atoms with Gasteiger partial charge in [-0.1, -0.05) is 12.1 Å². The van der Waals surface area contributed by atoms with E-state index in [-0.39, 0.29) is 0 Å². The molecule has 0 amide bonds. The summed E-state index contributed by atoms with van der Waals surface area (Å²) in [6.45, 7) is 6.55. The van der Waals surface area contributed by atoms with Gasteiger partial charge in [-0.05, 0) is 57.8 Å². The van der Waals surface area contributed by atoms with Crippen molar-refractivity contribution >= 4 is 28.5 Å². The molecule has 28 heavy (non-hydrogen) atoms. The fraction of sp³-hybridized carbons (Fsp3) is 0.476. The molecule has 2 fully saturated rings. The minimum atomic E-state index is 0.727. The van der Waals surface area contributed by atoms with Crippen molar-refractivity contribution in [2.24, 2.45) is 0 Å². The lowest BCUT2D eigenvalue weighted by molar-refractivity contribution is 0.207. The Morgan fingerprint density at radius 3 is 2.57 bits per heavy atom. The summed E-state index contributed by atoms with van der Waals surface area (Å²) >= 11 is 0. The van der Waals surface area contributed by atoms with Gasteiger partial charge in [-0.2, -0.15) is 10.1 Å². The average molecular weight is 377 g/mol. The molecule has 0 spiro atoms. The zero-order chi connectivity index (χ0) is 18.9. The topological polar surface area (TPSA) is 73.0 Å². The molecule has 0 unspecified atom stereocenters. The van der Waals surface area contributed by atoms with Crippen LogP contribution in [-0.4, -0.2) is 57.3 Å². The molecule has 2 saturated heterocycles. The normalized spacial score (nSPS) is 18.8. The van der Waals surface area contributed by atoms with Gasteiger partial charge in [0.25, 0.3) is 0 Å². The van der Waals surface area contributed by atoms with Crippen molar-refractivity contribution in [1.29, 1.82) is 0 Å². The summed E-state index contributed by atoms with van der Waals surface area (Å²) in [6, 6.07) is 10.9. The summed E-state index contributed by atoms with van der Waals surface area (Å²) < 4.78 is 0. The van der Waals surface area contributed by atoms with E-state index in [4.69, 9.17) is 9.97 Å². The molecule has 1 aromatic carbocycles. The highest BCUT2D eigenvalue weighted by Crippen LogP contribution is 2.28. The van der Waals surface area contributed by atoms with Crippen LogP contribution in [0.3, 0.4) is 0 Å². The maximum atomic E-state index is 4.89. The van der Waals surface area contributed by atoms with Crippen LogP contribution in [0.4, 0.5) is 17.6 Å². The van der Waals surface area contributed by atoms with E-state index in [0.717, 1.165) is 53.3 Å². The van der Waals surface area contributed by atoms with Crippen LogP contribution in [0.1, 0.15) is 31.4 Å². The molecule has 7 nitrogen and oxygen atoms in total. The Labute approximate surface area is 165 Å². The lowest BCUT2D eigenvalue weighted by Gasteiger charge is -2.36. The van der Waals surface area contributed by atoms with Crippen molar-refractivity contribution < 1.29 is 0 Å². The number of nitrogens with zero attached hydrogens (tertiary/aromatic N) is 5. The summed E-state index contributed by atoms with van der Waals surface area (Å²) in [5.74, 6) is 2.49. The molecule has 0 radical (unpaired) electrons. The number of hydrogen-bond donors (Lipinski definition) is 2. The van der Waals surface area contributed by atoms with E-state index in [1.165, 1.54) is 38.8 Å². The van der Waals surface area contributed by atoms with E-state index in [1.54, 1.807) is 0 Å². The quantitative estimate of drug-likeness (QED) is 0.725. The fourth-order valence-corrected chi connectivity index (χ4v) is 4.45. The molecule has 5 rings (SSSR count). The number of benzene rings is 1. The summed E-state index contributed by atoms with van der Waals surface area (Å²) in [5.41, 5.74) is 1.91. The van der Waals surface area contributed by atoms with Gasteiger partial charge < -0.3 is 15.1 Å². The van der Waals surface area contributed by atoms with Crippen molar-refractivity contribution in [3.8, 4) is 0 Å². The second kappa shape index (κ2) is 7.39. The number of H-pyrrole nitrogens is 1. The number of hydrogen-bond acceptors (Lipinski definition) is 6. The number of rotatable bonds is 4. The number of aromatic nitrogens is 4. The molecule has 0 aliphatic carbocycles. The summed E-state index contributed by atoms with van der Waals surface area (Å²) in [4.78, 5) is 14.8. The van der Waals surface area contributed by atoms with Crippen molar-refractivity contribution in [2.75, 3.05) is 36.4 Å². The molecule has 2 aliphatic heterocycles. The number of aromatic amines is 1. The number of piperidine rings is 1. The first-order valence-corrected chi connectivity index (χ1v) is 10.3. The first kappa shape index (κ1) is 17.4. The first-order valence-electron chi connectivity index (χ1n) is 10.3. The zero-order valence-electron chi connectivity index (χ0n) is 16.4. The predicted molar refractivity (Wildman–Crippen MR) is 112 cm³/mol. The van der Waals surface area contributed by atoms with Crippen LogP contribution in [0, 0.1) is 6.92 Å². The molecule has 2 aromatic heterocycles. The lowest BCUT2D eigenvalue weighted by atomic mass is 10.0. The monoisotopic (exact) mass is 377 g/mol. The Kier molecular flexibility index (Phi) is 4.60. The van der Waals surface area contributed by atoms with Crippen molar-refractivity contribution in [3.05, 3.63) is 36.0 Å². The molecule has 0 saturated carbocycles. The zero-order valence-corrected chi connectivity index (χ0v) is 16.4. The molecule has 2 N–H and O–H groups in total. The smallest absolute Gasteiger partial charge is 0.227 e. The summed E-state index contributed by atoms with van der Waals surface area (Å²) in [7, 11) is 0. The molecule has 0 bridgehead atoms. The van der Waals surface area contributed by atoms with Crippen LogP contribution in [0.2, 0.25) is 0 Å². The Hall–Kier alpha value is -2.67. The Balaban J connectivity index is 1.40. The first-order chi connectivity index (χ1) is 13.8.